The van der Waals surface area contributed by atoms with E-state index in [1.54, 1.807) is 25.2 Å². The number of alkyl halides is 3. The molecule has 138 valence electrons. The smallest absolute Gasteiger partial charge is 0.416 e. The van der Waals surface area contributed by atoms with E-state index >= 15 is 0 Å². The zero-order chi connectivity index (χ0) is 18.9. The first-order valence-electron chi connectivity index (χ1n) is 8.04. The van der Waals surface area contributed by atoms with Crippen molar-refractivity contribution in [1.29, 1.82) is 0 Å². The monoisotopic (exact) mass is 365 g/mol. The molecule has 2 aromatic carbocycles. The first-order valence-corrected chi connectivity index (χ1v) is 8.04. The Balaban J connectivity index is 1.83. The lowest BCUT2D eigenvalue weighted by molar-refractivity contribution is -0.137. The van der Waals surface area contributed by atoms with Crippen LogP contribution in [0.1, 0.15) is 27.0 Å². The summed E-state index contributed by atoms with van der Waals surface area (Å²) >= 11 is 0. The highest BCUT2D eigenvalue weighted by molar-refractivity contribution is 5.94. The standard InChI is InChI=1S/C19H18F3NO3/c1-25-15-9-13-7-8-23(11-16(13)17(10-15)26-2)18(24)12-3-5-14(6-4-12)19(20,21)22/h3-6,9-10H,7-8,11H2,1-2H3. The topological polar surface area (TPSA) is 38.8 Å². The van der Waals surface area contributed by atoms with Gasteiger partial charge in [-0.25, -0.2) is 0 Å². The number of fused-ring (bicyclic) bond motifs is 1. The van der Waals surface area contributed by atoms with Crippen molar-refractivity contribution in [1.82, 2.24) is 4.90 Å². The van der Waals surface area contributed by atoms with Crippen molar-refractivity contribution >= 4 is 5.91 Å². The van der Waals surface area contributed by atoms with Crippen molar-refractivity contribution in [2.75, 3.05) is 20.8 Å². The van der Waals surface area contributed by atoms with Crippen LogP contribution in [0, 0.1) is 0 Å². The van der Waals surface area contributed by atoms with Gasteiger partial charge in [0.2, 0.25) is 0 Å². The molecule has 7 heteroatoms. The van der Waals surface area contributed by atoms with E-state index in [1.165, 1.54) is 12.1 Å². The summed E-state index contributed by atoms with van der Waals surface area (Å²) in [5.74, 6) is 1.01. The third-order valence-electron chi connectivity index (χ3n) is 4.48. The van der Waals surface area contributed by atoms with Crippen LogP contribution in [0.2, 0.25) is 0 Å². The van der Waals surface area contributed by atoms with Crippen molar-refractivity contribution in [3.8, 4) is 11.5 Å². The molecular weight excluding hydrogens is 347 g/mol. The predicted octanol–water partition coefficient (Wildman–Crippen LogP) is 3.92. The van der Waals surface area contributed by atoms with Crippen molar-refractivity contribution in [3.05, 3.63) is 58.7 Å². The van der Waals surface area contributed by atoms with Crippen LogP contribution in [-0.4, -0.2) is 31.6 Å². The van der Waals surface area contributed by atoms with Crippen molar-refractivity contribution in [3.63, 3.8) is 0 Å². The summed E-state index contributed by atoms with van der Waals surface area (Å²) in [4.78, 5) is 14.3. The molecule has 0 saturated carbocycles. The molecule has 1 amide bonds. The number of carbonyl (C=O) groups is 1. The third kappa shape index (κ3) is 3.47. The summed E-state index contributed by atoms with van der Waals surface area (Å²) in [6.45, 7) is 0.811. The lowest BCUT2D eigenvalue weighted by Gasteiger charge is -2.30. The Bertz CT molecular complexity index is 799. The second-order valence-electron chi connectivity index (χ2n) is 6.02. The number of benzene rings is 2. The maximum atomic E-state index is 12.7. The molecule has 0 saturated heterocycles. The minimum atomic E-state index is -4.42. The van der Waals surface area contributed by atoms with E-state index < -0.39 is 11.7 Å². The van der Waals surface area contributed by atoms with Gasteiger partial charge in [-0.3, -0.25) is 4.79 Å². The van der Waals surface area contributed by atoms with Gasteiger partial charge >= 0.3 is 6.18 Å². The summed E-state index contributed by atoms with van der Waals surface area (Å²) in [6.07, 6.45) is -3.80. The molecule has 1 aliphatic rings. The summed E-state index contributed by atoms with van der Waals surface area (Å²) < 4.78 is 48.7. The Morgan fingerprint density at radius 2 is 1.77 bits per heavy atom. The second-order valence-corrected chi connectivity index (χ2v) is 6.02. The largest absolute Gasteiger partial charge is 0.497 e. The number of carbonyl (C=O) groups excluding carboxylic acids is 1. The normalized spacial score (nSPS) is 14.0. The molecule has 3 rings (SSSR count). The fourth-order valence-electron chi connectivity index (χ4n) is 3.06. The van der Waals surface area contributed by atoms with Gasteiger partial charge in [-0.2, -0.15) is 13.2 Å². The molecule has 0 fully saturated rings. The van der Waals surface area contributed by atoms with E-state index in [0.717, 1.165) is 23.3 Å². The summed E-state index contributed by atoms with van der Waals surface area (Å²) in [7, 11) is 3.12. The average molecular weight is 365 g/mol. The first kappa shape index (κ1) is 18.1. The van der Waals surface area contributed by atoms with Gasteiger partial charge in [-0.05, 0) is 42.3 Å². The van der Waals surface area contributed by atoms with E-state index in [1.807, 2.05) is 6.07 Å². The van der Waals surface area contributed by atoms with Crippen LogP contribution in [0.15, 0.2) is 36.4 Å². The highest BCUT2D eigenvalue weighted by atomic mass is 19.4. The van der Waals surface area contributed by atoms with Crippen molar-refractivity contribution in [2.45, 2.75) is 19.1 Å². The van der Waals surface area contributed by atoms with Gasteiger partial charge in [0.05, 0.1) is 19.8 Å². The number of halogens is 3. The molecule has 0 spiro atoms. The zero-order valence-electron chi connectivity index (χ0n) is 14.4. The van der Waals surface area contributed by atoms with E-state index in [9.17, 15) is 18.0 Å². The highest BCUT2D eigenvalue weighted by Gasteiger charge is 2.31. The molecule has 0 radical (unpaired) electrons. The van der Waals surface area contributed by atoms with Gasteiger partial charge in [0.25, 0.3) is 5.91 Å². The van der Waals surface area contributed by atoms with Gasteiger partial charge < -0.3 is 14.4 Å². The molecule has 0 aromatic heterocycles. The lowest BCUT2D eigenvalue weighted by Crippen LogP contribution is -2.36. The van der Waals surface area contributed by atoms with E-state index in [0.29, 0.717) is 31.0 Å². The number of ether oxygens (including phenoxy) is 2. The minimum absolute atomic E-state index is 0.230. The molecule has 1 aliphatic heterocycles. The minimum Gasteiger partial charge on any atom is -0.497 e. The molecule has 0 aliphatic carbocycles. The molecule has 0 N–H and O–H groups in total. The maximum Gasteiger partial charge on any atom is 0.416 e. The van der Waals surface area contributed by atoms with Gasteiger partial charge in [0.15, 0.2) is 0 Å². The molecule has 0 unspecified atom stereocenters. The zero-order valence-corrected chi connectivity index (χ0v) is 14.4. The molecular formula is C19H18F3NO3. The maximum absolute atomic E-state index is 12.7. The van der Waals surface area contributed by atoms with E-state index in [2.05, 4.69) is 0 Å². The molecule has 2 aromatic rings. The van der Waals surface area contributed by atoms with Crippen molar-refractivity contribution in [2.24, 2.45) is 0 Å². The number of rotatable bonds is 3. The highest BCUT2D eigenvalue weighted by Crippen LogP contribution is 2.34. The van der Waals surface area contributed by atoms with Gasteiger partial charge in [-0.15, -0.1) is 0 Å². The number of nitrogens with zero attached hydrogens (tertiary/aromatic N) is 1. The number of methoxy groups -OCH3 is 2. The van der Waals surface area contributed by atoms with Crippen LogP contribution < -0.4 is 9.47 Å². The molecule has 1 heterocycles. The van der Waals surface area contributed by atoms with Gasteiger partial charge in [0.1, 0.15) is 11.5 Å². The number of amides is 1. The van der Waals surface area contributed by atoms with Crippen LogP contribution in [0.4, 0.5) is 13.2 Å². The van der Waals surface area contributed by atoms with Crippen molar-refractivity contribution < 1.29 is 27.4 Å². The molecule has 26 heavy (non-hydrogen) atoms. The molecule has 0 atom stereocenters. The second kappa shape index (κ2) is 6.90. The Labute approximate surface area is 149 Å². The summed E-state index contributed by atoms with van der Waals surface area (Å²) in [5, 5.41) is 0. The van der Waals surface area contributed by atoms with E-state index in [-0.39, 0.29) is 11.5 Å². The van der Waals surface area contributed by atoms with Crippen LogP contribution in [0.25, 0.3) is 0 Å². The Hall–Kier alpha value is -2.70. The average Bonchev–Trinajstić information content (AvgIpc) is 2.65. The Kier molecular flexibility index (Phi) is 4.80. The predicted molar refractivity (Wildman–Crippen MR) is 89.4 cm³/mol. The lowest BCUT2D eigenvalue weighted by atomic mass is 9.97. The number of hydrogen-bond donors (Lipinski definition) is 0. The van der Waals surface area contributed by atoms with Crippen LogP contribution in [0.5, 0.6) is 11.5 Å². The summed E-state index contributed by atoms with van der Waals surface area (Å²) in [5.41, 5.74) is 1.39. The van der Waals surface area contributed by atoms with E-state index in [4.69, 9.17) is 9.47 Å². The quantitative estimate of drug-likeness (QED) is 0.828. The Morgan fingerprint density at radius 1 is 1.08 bits per heavy atom. The summed E-state index contributed by atoms with van der Waals surface area (Å²) in [6, 6.07) is 7.95. The van der Waals surface area contributed by atoms with Crippen LogP contribution >= 0.6 is 0 Å². The number of hydrogen-bond acceptors (Lipinski definition) is 3. The SMILES string of the molecule is COc1cc2c(c(OC)c1)CN(C(=O)c1ccc(C(F)(F)F)cc1)CC2. The fraction of sp³-hybridized carbons (Fsp3) is 0.316. The molecule has 4 nitrogen and oxygen atoms in total. The third-order valence-corrected chi connectivity index (χ3v) is 4.48. The van der Waals surface area contributed by atoms with Crippen LogP contribution in [0.3, 0.4) is 0 Å². The van der Waals surface area contributed by atoms with Gasteiger partial charge in [0, 0.05) is 30.3 Å². The van der Waals surface area contributed by atoms with Crippen LogP contribution in [-0.2, 0) is 19.1 Å². The Morgan fingerprint density at radius 3 is 2.35 bits per heavy atom. The first-order chi connectivity index (χ1) is 12.3. The fourth-order valence-corrected chi connectivity index (χ4v) is 3.06. The van der Waals surface area contributed by atoms with Gasteiger partial charge in [-0.1, -0.05) is 0 Å². The molecule has 0 bridgehead atoms.